The first-order valence-corrected chi connectivity index (χ1v) is 7.49. The first-order chi connectivity index (χ1) is 9.70. The lowest BCUT2D eigenvalue weighted by Crippen LogP contribution is -2.28. The number of hydrogen-bond acceptors (Lipinski definition) is 2. The van der Waals surface area contributed by atoms with E-state index in [4.69, 9.17) is 0 Å². The molecule has 2 aromatic carbocycles. The minimum Gasteiger partial charge on any atom is -0.382 e. The highest BCUT2D eigenvalue weighted by atomic mass is 79.9. The number of nitrogens with one attached hydrogen (secondary N) is 1. The van der Waals surface area contributed by atoms with Crippen molar-refractivity contribution in [2.75, 3.05) is 29.9 Å². The van der Waals surface area contributed by atoms with E-state index in [0.717, 1.165) is 35.5 Å². The van der Waals surface area contributed by atoms with Crippen molar-refractivity contribution < 1.29 is 4.39 Å². The van der Waals surface area contributed by atoms with Crippen molar-refractivity contribution in [2.24, 2.45) is 0 Å². The molecule has 1 N–H and O–H groups in total. The molecule has 0 bridgehead atoms. The van der Waals surface area contributed by atoms with Crippen LogP contribution in [-0.2, 0) is 0 Å². The minimum absolute atomic E-state index is 0.198. The Morgan fingerprint density at radius 1 is 1.10 bits per heavy atom. The van der Waals surface area contributed by atoms with Gasteiger partial charge in [-0.25, -0.2) is 4.39 Å². The van der Waals surface area contributed by atoms with E-state index in [1.807, 2.05) is 36.4 Å². The lowest BCUT2D eigenvalue weighted by molar-refractivity contribution is 0.627. The van der Waals surface area contributed by atoms with Crippen LogP contribution < -0.4 is 10.2 Å². The van der Waals surface area contributed by atoms with Gasteiger partial charge in [0, 0.05) is 35.5 Å². The molecule has 0 aromatic heterocycles. The number of nitrogens with zero attached hydrogens (tertiary/aromatic N) is 1. The van der Waals surface area contributed by atoms with Gasteiger partial charge in [0.05, 0.1) is 0 Å². The maximum atomic E-state index is 12.9. The SMILES string of the molecule is CCN(CCNc1ccccc1Br)c1ccc(F)cc1. The molecule has 2 nitrogen and oxygen atoms in total. The van der Waals surface area contributed by atoms with Crippen molar-refractivity contribution in [3.8, 4) is 0 Å². The predicted octanol–water partition coefficient (Wildman–Crippen LogP) is 4.53. The summed E-state index contributed by atoms with van der Waals surface area (Å²) >= 11 is 3.52. The molecule has 0 fully saturated rings. The standard InChI is InChI=1S/C16H18BrFN2/c1-2-20(14-9-7-13(18)8-10-14)12-11-19-16-6-4-3-5-15(16)17/h3-10,19H,2,11-12H2,1H3. The summed E-state index contributed by atoms with van der Waals surface area (Å²) in [6.07, 6.45) is 0. The first kappa shape index (κ1) is 14.9. The van der Waals surface area contributed by atoms with Crippen LogP contribution in [0.2, 0.25) is 0 Å². The second-order valence-corrected chi connectivity index (χ2v) is 5.32. The molecule has 0 saturated carbocycles. The molecule has 0 radical (unpaired) electrons. The molecule has 4 heteroatoms. The third-order valence-corrected chi connectivity index (χ3v) is 3.84. The zero-order chi connectivity index (χ0) is 14.4. The Morgan fingerprint density at radius 3 is 2.45 bits per heavy atom. The molecule has 0 atom stereocenters. The monoisotopic (exact) mass is 336 g/mol. The van der Waals surface area contributed by atoms with Crippen molar-refractivity contribution in [1.82, 2.24) is 0 Å². The van der Waals surface area contributed by atoms with Gasteiger partial charge in [-0.2, -0.15) is 0 Å². The first-order valence-electron chi connectivity index (χ1n) is 6.69. The van der Waals surface area contributed by atoms with E-state index in [1.165, 1.54) is 12.1 Å². The molecule has 0 unspecified atom stereocenters. The summed E-state index contributed by atoms with van der Waals surface area (Å²) in [5, 5.41) is 3.40. The third-order valence-electron chi connectivity index (χ3n) is 3.14. The van der Waals surface area contributed by atoms with Crippen LogP contribution in [0.15, 0.2) is 53.0 Å². The van der Waals surface area contributed by atoms with Gasteiger partial charge < -0.3 is 10.2 Å². The van der Waals surface area contributed by atoms with Gasteiger partial charge in [0.15, 0.2) is 0 Å². The van der Waals surface area contributed by atoms with Gasteiger partial charge in [0.25, 0.3) is 0 Å². The van der Waals surface area contributed by atoms with Crippen molar-refractivity contribution in [1.29, 1.82) is 0 Å². The lowest BCUT2D eigenvalue weighted by atomic mass is 10.2. The van der Waals surface area contributed by atoms with E-state index in [2.05, 4.69) is 33.1 Å². The number of rotatable bonds is 6. The smallest absolute Gasteiger partial charge is 0.123 e. The molecule has 20 heavy (non-hydrogen) atoms. The van der Waals surface area contributed by atoms with Crippen molar-refractivity contribution in [3.05, 3.63) is 58.8 Å². The molecule has 0 heterocycles. The van der Waals surface area contributed by atoms with E-state index >= 15 is 0 Å². The lowest BCUT2D eigenvalue weighted by Gasteiger charge is -2.23. The van der Waals surface area contributed by atoms with Gasteiger partial charge in [-0.1, -0.05) is 12.1 Å². The van der Waals surface area contributed by atoms with Crippen molar-refractivity contribution in [3.63, 3.8) is 0 Å². The highest BCUT2D eigenvalue weighted by Crippen LogP contribution is 2.21. The summed E-state index contributed by atoms with van der Waals surface area (Å²) in [6.45, 7) is 4.68. The fourth-order valence-corrected chi connectivity index (χ4v) is 2.48. The summed E-state index contributed by atoms with van der Waals surface area (Å²) in [7, 11) is 0. The second kappa shape index (κ2) is 7.29. The van der Waals surface area contributed by atoms with Gasteiger partial charge >= 0.3 is 0 Å². The molecule has 0 aliphatic rings. The Kier molecular flexibility index (Phi) is 5.41. The molecular formula is C16H18BrFN2. The van der Waals surface area contributed by atoms with Gasteiger partial charge in [0.1, 0.15) is 5.82 Å². The normalized spacial score (nSPS) is 10.3. The maximum absolute atomic E-state index is 12.9. The van der Waals surface area contributed by atoms with Crippen molar-refractivity contribution >= 4 is 27.3 Å². The topological polar surface area (TPSA) is 15.3 Å². The molecule has 0 aliphatic heterocycles. The number of halogens is 2. The molecule has 2 rings (SSSR count). The van der Waals surface area contributed by atoms with E-state index in [-0.39, 0.29) is 5.82 Å². The van der Waals surface area contributed by atoms with E-state index in [9.17, 15) is 4.39 Å². The number of para-hydroxylation sites is 1. The van der Waals surface area contributed by atoms with Crippen LogP contribution in [0.25, 0.3) is 0 Å². The van der Waals surface area contributed by atoms with Crippen LogP contribution in [-0.4, -0.2) is 19.6 Å². The van der Waals surface area contributed by atoms with Crippen LogP contribution in [0.3, 0.4) is 0 Å². The molecule has 0 saturated heterocycles. The van der Waals surface area contributed by atoms with Crippen LogP contribution >= 0.6 is 15.9 Å². The number of likely N-dealkylation sites (N-methyl/N-ethyl adjacent to an activating group) is 1. The Morgan fingerprint density at radius 2 is 1.80 bits per heavy atom. The summed E-state index contributed by atoms with van der Waals surface area (Å²) in [6, 6.07) is 14.7. The van der Waals surface area contributed by atoms with Gasteiger partial charge in [-0.15, -0.1) is 0 Å². The van der Waals surface area contributed by atoms with Crippen LogP contribution in [0, 0.1) is 5.82 Å². The maximum Gasteiger partial charge on any atom is 0.123 e. The highest BCUT2D eigenvalue weighted by Gasteiger charge is 2.04. The van der Waals surface area contributed by atoms with Gasteiger partial charge in [-0.3, -0.25) is 0 Å². The van der Waals surface area contributed by atoms with Crippen LogP contribution in [0.4, 0.5) is 15.8 Å². The Labute approximate surface area is 127 Å². The third kappa shape index (κ3) is 3.97. The minimum atomic E-state index is -0.198. The van der Waals surface area contributed by atoms with Crippen LogP contribution in [0.1, 0.15) is 6.92 Å². The van der Waals surface area contributed by atoms with Gasteiger partial charge in [0.2, 0.25) is 0 Å². The van der Waals surface area contributed by atoms with E-state index in [1.54, 1.807) is 0 Å². The average Bonchev–Trinajstić information content (AvgIpc) is 2.47. The Balaban J connectivity index is 1.91. The Bertz CT molecular complexity index is 542. The molecule has 0 aliphatic carbocycles. The summed E-state index contributed by atoms with van der Waals surface area (Å²) in [4.78, 5) is 2.21. The Hall–Kier alpha value is -1.55. The van der Waals surface area contributed by atoms with Crippen LogP contribution in [0.5, 0.6) is 0 Å². The molecule has 0 amide bonds. The second-order valence-electron chi connectivity index (χ2n) is 4.46. The van der Waals surface area contributed by atoms with E-state index < -0.39 is 0 Å². The summed E-state index contributed by atoms with van der Waals surface area (Å²) in [5.74, 6) is -0.198. The number of hydrogen-bond donors (Lipinski definition) is 1. The largest absolute Gasteiger partial charge is 0.382 e. The predicted molar refractivity (Wildman–Crippen MR) is 86.9 cm³/mol. The number of anilines is 2. The summed E-state index contributed by atoms with van der Waals surface area (Å²) in [5.41, 5.74) is 2.13. The zero-order valence-electron chi connectivity index (χ0n) is 11.4. The zero-order valence-corrected chi connectivity index (χ0v) is 13.0. The fraction of sp³-hybridized carbons (Fsp3) is 0.250. The summed E-state index contributed by atoms with van der Waals surface area (Å²) < 4.78 is 14.0. The quantitative estimate of drug-likeness (QED) is 0.833. The van der Waals surface area contributed by atoms with E-state index in [0.29, 0.717) is 0 Å². The molecular weight excluding hydrogens is 319 g/mol. The van der Waals surface area contributed by atoms with Gasteiger partial charge in [-0.05, 0) is 59.3 Å². The number of benzene rings is 2. The molecule has 2 aromatic rings. The fourth-order valence-electron chi connectivity index (χ4n) is 2.05. The van der Waals surface area contributed by atoms with Crippen molar-refractivity contribution in [2.45, 2.75) is 6.92 Å². The highest BCUT2D eigenvalue weighted by molar-refractivity contribution is 9.10. The molecule has 0 spiro atoms. The molecule has 106 valence electrons. The average molecular weight is 337 g/mol.